The second-order valence-corrected chi connectivity index (χ2v) is 6.28. The number of aryl methyl sites for hydroxylation is 2. The van der Waals surface area contributed by atoms with Crippen LogP contribution in [0, 0.1) is 25.2 Å². The Morgan fingerprint density at radius 1 is 1.48 bits per heavy atom. The standard InChI is InChI=1S/C15H14ClN5OS/c1-8-9(2)23-15(20-8)19-7-10(6-17)14(22)21-13-4-3-11(18)5-12(13)16/h3-5,7H,18H2,1-2H3,(H,19,20)(H,21,22)/b10-7-. The highest BCUT2D eigenvalue weighted by molar-refractivity contribution is 7.15. The minimum atomic E-state index is -0.573. The van der Waals surface area contributed by atoms with Gasteiger partial charge < -0.3 is 16.4 Å². The summed E-state index contributed by atoms with van der Waals surface area (Å²) in [5, 5.41) is 15.5. The Bertz CT molecular complexity index is 802. The van der Waals surface area contributed by atoms with Gasteiger partial charge in [-0.1, -0.05) is 11.6 Å². The fraction of sp³-hybridized carbons (Fsp3) is 0.133. The number of rotatable bonds is 4. The number of halogens is 1. The number of benzene rings is 1. The molecule has 0 radical (unpaired) electrons. The molecule has 1 aromatic carbocycles. The number of amides is 1. The number of carbonyl (C=O) groups is 1. The third-order valence-corrected chi connectivity index (χ3v) is 4.29. The van der Waals surface area contributed by atoms with Crippen molar-refractivity contribution >= 4 is 45.4 Å². The van der Waals surface area contributed by atoms with Crippen LogP contribution in [0.2, 0.25) is 5.02 Å². The van der Waals surface area contributed by atoms with Crippen LogP contribution in [-0.2, 0) is 4.79 Å². The van der Waals surface area contributed by atoms with Crippen molar-refractivity contribution in [2.45, 2.75) is 13.8 Å². The molecule has 0 aliphatic carbocycles. The highest BCUT2D eigenvalue weighted by atomic mass is 35.5. The van der Waals surface area contributed by atoms with Gasteiger partial charge in [0.1, 0.15) is 11.6 Å². The molecular weight excluding hydrogens is 334 g/mol. The van der Waals surface area contributed by atoms with Gasteiger partial charge in [-0.25, -0.2) is 4.98 Å². The quantitative estimate of drug-likeness (QED) is 0.446. The summed E-state index contributed by atoms with van der Waals surface area (Å²) in [6.07, 6.45) is 1.32. The zero-order valence-electron chi connectivity index (χ0n) is 12.5. The van der Waals surface area contributed by atoms with Crippen molar-refractivity contribution in [3.05, 3.63) is 45.6 Å². The van der Waals surface area contributed by atoms with Crippen LogP contribution < -0.4 is 16.4 Å². The smallest absolute Gasteiger partial charge is 0.267 e. The third kappa shape index (κ3) is 4.22. The molecule has 8 heteroatoms. The van der Waals surface area contributed by atoms with Gasteiger partial charge in [-0.2, -0.15) is 5.26 Å². The number of nitrogens with one attached hydrogen (secondary N) is 2. The van der Waals surface area contributed by atoms with E-state index in [2.05, 4.69) is 15.6 Å². The lowest BCUT2D eigenvalue weighted by atomic mass is 10.2. The van der Waals surface area contributed by atoms with E-state index in [1.165, 1.54) is 23.6 Å². The van der Waals surface area contributed by atoms with Crippen molar-refractivity contribution in [1.82, 2.24) is 4.98 Å². The number of thiazole rings is 1. The molecule has 0 aliphatic rings. The van der Waals surface area contributed by atoms with Crippen LogP contribution in [0.1, 0.15) is 10.6 Å². The van der Waals surface area contributed by atoms with Crippen LogP contribution in [0.15, 0.2) is 30.0 Å². The zero-order chi connectivity index (χ0) is 17.0. The summed E-state index contributed by atoms with van der Waals surface area (Å²) >= 11 is 7.44. The van der Waals surface area contributed by atoms with E-state index < -0.39 is 5.91 Å². The predicted octanol–water partition coefficient (Wildman–Crippen LogP) is 3.45. The molecule has 2 aromatic rings. The topological polar surface area (TPSA) is 104 Å². The van der Waals surface area contributed by atoms with Gasteiger partial charge in [0, 0.05) is 16.8 Å². The van der Waals surface area contributed by atoms with Crippen LogP contribution in [0.4, 0.5) is 16.5 Å². The van der Waals surface area contributed by atoms with Gasteiger partial charge in [-0.05, 0) is 32.0 Å². The lowest BCUT2D eigenvalue weighted by molar-refractivity contribution is -0.112. The summed E-state index contributed by atoms with van der Waals surface area (Å²) in [5.41, 5.74) is 7.27. The Labute approximate surface area is 142 Å². The summed E-state index contributed by atoms with van der Waals surface area (Å²) in [6.45, 7) is 3.84. The number of anilines is 3. The van der Waals surface area contributed by atoms with Crippen LogP contribution in [0.25, 0.3) is 0 Å². The number of nitrogens with two attached hydrogens (primary N) is 1. The molecule has 4 N–H and O–H groups in total. The molecule has 1 aromatic heterocycles. The Morgan fingerprint density at radius 3 is 2.78 bits per heavy atom. The number of hydrogen-bond acceptors (Lipinski definition) is 6. The predicted molar refractivity (Wildman–Crippen MR) is 93.4 cm³/mol. The third-order valence-electron chi connectivity index (χ3n) is 2.97. The lowest BCUT2D eigenvalue weighted by Gasteiger charge is -2.07. The number of aromatic nitrogens is 1. The minimum absolute atomic E-state index is 0.0941. The molecule has 118 valence electrons. The van der Waals surface area contributed by atoms with Gasteiger partial charge in [-0.15, -0.1) is 11.3 Å². The van der Waals surface area contributed by atoms with Crippen molar-refractivity contribution in [2.24, 2.45) is 0 Å². The first-order valence-corrected chi connectivity index (χ1v) is 7.77. The number of nitriles is 1. The first-order valence-electron chi connectivity index (χ1n) is 6.58. The molecule has 1 amide bonds. The van der Waals surface area contributed by atoms with Crippen LogP contribution in [0.3, 0.4) is 0 Å². The monoisotopic (exact) mass is 347 g/mol. The zero-order valence-corrected chi connectivity index (χ0v) is 14.0. The molecule has 0 atom stereocenters. The van der Waals surface area contributed by atoms with Gasteiger partial charge >= 0.3 is 0 Å². The average Bonchev–Trinajstić information content (AvgIpc) is 2.81. The van der Waals surface area contributed by atoms with Crippen molar-refractivity contribution in [3.63, 3.8) is 0 Å². The van der Waals surface area contributed by atoms with Crippen LogP contribution >= 0.6 is 22.9 Å². The fourth-order valence-electron chi connectivity index (χ4n) is 1.64. The molecule has 23 heavy (non-hydrogen) atoms. The van der Waals surface area contributed by atoms with E-state index in [1.807, 2.05) is 19.9 Å². The normalized spacial score (nSPS) is 11.0. The van der Waals surface area contributed by atoms with E-state index in [0.717, 1.165) is 10.6 Å². The second kappa shape index (κ2) is 7.13. The summed E-state index contributed by atoms with van der Waals surface area (Å²) < 4.78 is 0. The van der Waals surface area contributed by atoms with E-state index >= 15 is 0 Å². The van der Waals surface area contributed by atoms with Crippen molar-refractivity contribution < 1.29 is 4.79 Å². The molecule has 0 aliphatic heterocycles. The first-order chi connectivity index (χ1) is 10.9. The Kier molecular flexibility index (Phi) is 5.21. The van der Waals surface area contributed by atoms with E-state index in [4.69, 9.17) is 22.6 Å². The summed E-state index contributed by atoms with van der Waals surface area (Å²) in [7, 11) is 0. The average molecular weight is 348 g/mol. The SMILES string of the molecule is Cc1nc(N/C=C(/C#N)C(=O)Nc2ccc(N)cc2Cl)sc1C. The van der Waals surface area contributed by atoms with E-state index in [9.17, 15) is 4.79 Å². The van der Waals surface area contributed by atoms with Gasteiger partial charge in [0.2, 0.25) is 0 Å². The molecule has 0 bridgehead atoms. The lowest BCUT2D eigenvalue weighted by Crippen LogP contribution is -2.15. The fourth-order valence-corrected chi connectivity index (χ4v) is 2.66. The van der Waals surface area contributed by atoms with E-state index in [-0.39, 0.29) is 5.57 Å². The van der Waals surface area contributed by atoms with Gasteiger partial charge in [0.25, 0.3) is 5.91 Å². The molecule has 6 nitrogen and oxygen atoms in total. The number of nitrogens with zero attached hydrogens (tertiary/aromatic N) is 2. The summed E-state index contributed by atoms with van der Waals surface area (Å²) in [6, 6.07) is 6.54. The number of nitrogen functional groups attached to an aromatic ring is 1. The maximum Gasteiger partial charge on any atom is 0.267 e. The Hall–Kier alpha value is -2.56. The molecule has 0 unspecified atom stereocenters. The Balaban J connectivity index is 2.12. The van der Waals surface area contributed by atoms with Crippen molar-refractivity contribution in [3.8, 4) is 6.07 Å². The maximum atomic E-state index is 12.1. The van der Waals surface area contributed by atoms with Crippen LogP contribution in [0.5, 0.6) is 0 Å². The maximum absolute atomic E-state index is 12.1. The van der Waals surface area contributed by atoms with Gasteiger partial charge in [0.15, 0.2) is 5.13 Å². The molecular formula is C15H14ClN5OS. The van der Waals surface area contributed by atoms with Gasteiger partial charge in [-0.3, -0.25) is 4.79 Å². The largest absolute Gasteiger partial charge is 0.399 e. The highest BCUT2D eigenvalue weighted by Crippen LogP contribution is 2.25. The molecule has 1 heterocycles. The van der Waals surface area contributed by atoms with Crippen LogP contribution in [-0.4, -0.2) is 10.9 Å². The van der Waals surface area contributed by atoms with Crippen molar-refractivity contribution in [2.75, 3.05) is 16.4 Å². The summed E-state index contributed by atoms with van der Waals surface area (Å²) in [4.78, 5) is 17.5. The number of carbonyl (C=O) groups excluding carboxylic acids is 1. The van der Waals surface area contributed by atoms with Gasteiger partial charge in [0.05, 0.1) is 16.4 Å². The highest BCUT2D eigenvalue weighted by Gasteiger charge is 2.12. The van der Waals surface area contributed by atoms with E-state index in [1.54, 1.807) is 12.1 Å². The first kappa shape index (κ1) is 16.8. The van der Waals surface area contributed by atoms with E-state index in [0.29, 0.717) is 21.5 Å². The Morgan fingerprint density at radius 2 is 2.22 bits per heavy atom. The molecule has 0 saturated heterocycles. The van der Waals surface area contributed by atoms with Crippen molar-refractivity contribution in [1.29, 1.82) is 5.26 Å². The minimum Gasteiger partial charge on any atom is -0.399 e. The second-order valence-electron chi connectivity index (χ2n) is 4.67. The molecule has 2 rings (SSSR count). The summed E-state index contributed by atoms with van der Waals surface area (Å²) in [5.74, 6) is -0.573. The molecule has 0 saturated carbocycles. The number of hydrogen-bond donors (Lipinski definition) is 3. The molecule has 0 spiro atoms. The molecule has 0 fully saturated rings.